The number of aliphatic hydroxyl groups excluding tert-OH is 1. The lowest BCUT2D eigenvalue weighted by Crippen LogP contribution is -2.38. The number of hydrogen-bond donors (Lipinski definition) is 2. The molecule has 1 aromatic rings. The third-order valence-electron chi connectivity index (χ3n) is 2.52. The minimum Gasteiger partial charge on any atom is -0.395 e. The Kier molecular flexibility index (Phi) is 6.53. The Morgan fingerprint density at radius 3 is 2.50 bits per heavy atom. The molecule has 0 aliphatic heterocycles. The lowest BCUT2D eigenvalue weighted by atomic mass is 10.1. The number of benzene rings is 1. The van der Waals surface area contributed by atoms with Crippen molar-refractivity contribution in [3.8, 4) is 0 Å². The van der Waals surface area contributed by atoms with Crippen molar-refractivity contribution >= 4 is 11.8 Å². The molecule has 0 saturated heterocycles. The fraction of sp³-hybridized carbons (Fsp3) is 0.538. The van der Waals surface area contributed by atoms with E-state index >= 15 is 0 Å². The summed E-state index contributed by atoms with van der Waals surface area (Å²) in [5.74, 6) is 1.51. The first-order valence-corrected chi connectivity index (χ1v) is 6.74. The van der Waals surface area contributed by atoms with Crippen molar-refractivity contribution in [3.05, 3.63) is 30.3 Å². The average molecular weight is 239 g/mol. The van der Waals surface area contributed by atoms with Crippen LogP contribution in [-0.4, -0.2) is 30.1 Å². The molecule has 16 heavy (non-hydrogen) atoms. The molecule has 0 fully saturated rings. The van der Waals surface area contributed by atoms with E-state index in [4.69, 9.17) is 5.11 Å². The number of aliphatic hydroxyl groups is 1. The van der Waals surface area contributed by atoms with E-state index in [1.54, 1.807) is 0 Å². The van der Waals surface area contributed by atoms with Crippen molar-refractivity contribution in [2.24, 2.45) is 5.92 Å². The summed E-state index contributed by atoms with van der Waals surface area (Å²) in [6, 6.07) is 10.6. The van der Waals surface area contributed by atoms with Crippen LogP contribution in [0.1, 0.15) is 13.8 Å². The van der Waals surface area contributed by atoms with E-state index in [1.807, 2.05) is 17.8 Å². The van der Waals surface area contributed by atoms with Crippen molar-refractivity contribution in [1.82, 2.24) is 5.32 Å². The molecule has 0 bridgehead atoms. The Labute approximate surface area is 102 Å². The van der Waals surface area contributed by atoms with E-state index in [-0.39, 0.29) is 12.6 Å². The lowest BCUT2D eigenvalue weighted by Gasteiger charge is -2.19. The van der Waals surface area contributed by atoms with Crippen molar-refractivity contribution in [2.75, 3.05) is 18.9 Å². The summed E-state index contributed by atoms with van der Waals surface area (Å²) < 4.78 is 0. The van der Waals surface area contributed by atoms with Gasteiger partial charge in [0, 0.05) is 23.2 Å². The first kappa shape index (κ1) is 13.6. The maximum absolute atomic E-state index is 9.14. The lowest BCUT2D eigenvalue weighted by molar-refractivity contribution is 0.213. The molecule has 0 saturated carbocycles. The summed E-state index contributed by atoms with van der Waals surface area (Å²) in [5, 5.41) is 12.5. The Morgan fingerprint density at radius 2 is 1.94 bits per heavy atom. The van der Waals surface area contributed by atoms with Gasteiger partial charge in [-0.25, -0.2) is 0 Å². The van der Waals surface area contributed by atoms with Crippen molar-refractivity contribution in [1.29, 1.82) is 0 Å². The molecule has 0 radical (unpaired) electrons. The van der Waals surface area contributed by atoms with Crippen molar-refractivity contribution < 1.29 is 5.11 Å². The van der Waals surface area contributed by atoms with Crippen LogP contribution in [0, 0.1) is 5.92 Å². The third kappa shape index (κ3) is 5.01. The summed E-state index contributed by atoms with van der Waals surface area (Å²) in [7, 11) is 0. The third-order valence-corrected chi connectivity index (χ3v) is 3.54. The molecule has 0 aliphatic rings. The largest absolute Gasteiger partial charge is 0.395 e. The van der Waals surface area contributed by atoms with E-state index in [0.29, 0.717) is 5.92 Å². The molecule has 2 N–H and O–H groups in total. The van der Waals surface area contributed by atoms with Gasteiger partial charge in [-0.3, -0.25) is 0 Å². The zero-order valence-electron chi connectivity index (χ0n) is 10.0. The summed E-state index contributed by atoms with van der Waals surface area (Å²) in [6.07, 6.45) is 0. The highest BCUT2D eigenvalue weighted by atomic mass is 32.2. The molecule has 0 spiro atoms. The van der Waals surface area contributed by atoms with Gasteiger partial charge < -0.3 is 10.4 Å². The minimum absolute atomic E-state index is 0.216. The smallest absolute Gasteiger partial charge is 0.0587 e. The van der Waals surface area contributed by atoms with E-state index in [0.717, 1.165) is 12.3 Å². The molecule has 1 atom stereocenters. The van der Waals surface area contributed by atoms with E-state index < -0.39 is 0 Å². The molecule has 0 aliphatic carbocycles. The highest BCUT2D eigenvalue weighted by Gasteiger charge is 2.10. The van der Waals surface area contributed by atoms with Crippen LogP contribution in [-0.2, 0) is 0 Å². The topological polar surface area (TPSA) is 32.3 Å². The molecule has 0 amide bonds. The molecule has 1 unspecified atom stereocenters. The first-order valence-electron chi connectivity index (χ1n) is 5.76. The van der Waals surface area contributed by atoms with Crippen molar-refractivity contribution in [2.45, 2.75) is 24.8 Å². The van der Waals surface area contributed by atoms with E-state index in [9.17, 15) is 0 Å². The summed E-state index contributed by atoms with van der Waals surface area (Å²) in [5.41, 5.74) is 0. The van der Waals surface area contributed by atoms with Gasteiger partial charge in [0.1, 0.15) is 0 Å². The van der Waals surface area contributed by atoms with E-state index in [2.05, 4.69) is 43.4 Å². The van der Waals surface area contributed by atoms with Gasteiger partial charge in [-0.05, 0) is 18.1 Å². The molecule has 1 rings (SSSR count). The molecule has 3 heteroatoms. The zero-order chi connectivity index (χ0) is 11.8. The molecule has 1 aromatic carbocycles. The van der Waals surface area contributed by atoms with Gasteiger partial charge in [-0.15, -0.1) is 11.8 Å². The van der Waals surface area contributed by atoms with Gasteiger partial charge in [0.25, 0.3) is 0 Å². The van der Waals surface area contributed by atoms with Crippen LogP contribution >= 0.6 is 11.8 Å². The molecule has 0 aromatic heterocycles. The predicted molar refractivity (Wildman–Crippen MR) is 70.9 cm³/mol. The molecular formula is C13H21NOS. The average Bonchev–Trinajstić information content (AvgIpc) is 2.30. The maximum Gasteiger partial charge on any atom is 0.0587 e. The highest BCUT2D eigenvalue weighted by molar-refractivity contribution is 7.99. The zero-order valence-corrected chi connectivity index (χ0v) is 10.8. The Balaban J connectivity index is 2.16. The maximum atomic E-state index is 9.14. The summed E-state index contributed by atoms with van der Waals surface area (Å²) in [6.45, 7) is 5.40. The normalized spacial score (nSPS) is 13.0. The SMILES string of the molecule is CC(C)C(CO)NCCSc1ccccc1. The molecule has 0 heterocycles. The van der Waals surface area contributed by atoms with Gasteiger partial charge >= 0.3 is 0 Å². The number of nitrogens with one attached hydrogen (secondary N) is 1. The Bertz CT molecular complexity index is 277. The van der Waals surface area contributed by atoms with Crippen LogP contribution in [0.15, 0.2) is 35.2 Å². The summed E-state index contributed by atoms with van der Waals surface area (Å²) in [4.78, 5) is 1.30. The molecular weight excluding hydrogens is 218 g/mol. The quantitative estimate of drug-likeness (QED) is 0.566. The van der Waals surface area contributed by atoms with Gasteiger partial charge in [-0.1, -0.05) is 32.0 Å². The minimum atomic E-state index is 0.216. The fourth-order valence-electron chi connectivity index (χ4n) is 1.44. The standard InChI is InChI=1S/C13H21NOS/c1-11(2)13(10-15)14-8-9-16-12-6-4-3-5-7-12/h3-7,11,13-15H,8-10H2,1-2H3. The number of rotatable bonds is 7. The second-order valence-electron chi connectivity index (χ2n) is 4.15. The second-order valence-corrected chi connectivity index (χ2v) is 5.32. The van der Waals surface area contributed by atoms with Gasteiger partial charge in [-0.2, -0.15) is 0 Å². The van der Waals surface area contributed by atoms with Crippen LogP contribution in [0.4, 0.5) is 0 Å². The second kappa shape index (κ2) is 7.71. The molecule has 90 valence electrons. The van der Waals surface area contributed by atoms with Crippen LogP contribution < -0.4 is 5.32 Å². The van der Waals surface area contributed by atoms with E-state index in [1.165, 1.54) is 4.90 Å². The van der Waals surface area contributed by atoms with Crippen LogP contribution in [0.3, 0.4) is 0 Å². The Hall–Kier alpha value is -0.510. The van der Waals surface area contributed by atoms with Crippen LogP contribution in [0.2, 0.25) is 0 Å². The van der Waals surface area contributed by atoms with Crippen LogP contribution in [0.5, 0.6) is 0 Å². The predicted octanol–water partition coefficient (Wildman–Crippen LogP) is 2.39. The fourth-order valence-corrected chi connectivity index (χ4v) is 2.25. The first-order chi connectivity index (χ1) is 7.74. The highest BCUT2D eigenvalue weighted by Crippen LogP contribution is 2.15. The monoisotopic (exact) mass is 239 g/mol. The number of thioether (sulfide) groups is 1. The van der Waals surface area contributed by atoms with Gasteiger partial charge in [0.05, 0.1) is 6.61 Å². The van der Waals surface area contributed by atoms with Gasteiger partial charge in [0.15, 0.2) is 0 Å². The molecule has 2 nitrogen and oxygen atoms in total. The number of hydrogen-bond acceptors (Lipinski definition) is 3. The van der Waals surface area contributed by atoms with Crippen LogP contribution in [0.25, 0.3) is 0 Å². The Morgan fingerprint density at radius 1 is 1.25 bits per heavy atom. The summed E-state index contributed by atoms with van der Waals surface area (Å²) >= 11 is 1.84. The van der Waals surface area contributed by atoms with Crippen molar-refractivity contribution in [3.63, 3.8) is 0 Å². The van der Waals surface area contributed by atoms with Gasteiger partial charge in [0.2, 0.25) is 0 Å².